The Morgan fingerprint density at radius 1 is 1.21 bits per heavy atom. The second-order valence-electron chi connectivity index (χ2n) is 8.77. The summed E-state index contributed by atoms with van der Waals surface area (Å²) in [7, 11) is 0. The Bertz CT molecular complexity index is 1520. The van der Waals surface area contributed by atoms with Gasteiger partial charge in [0.1, 0.15) is 5.69 Å². The van der Waals surface area contributed by atoms with Gasteiger partial charge < -0.3 is 14.8 Å². The summed E-state index contributed by atoms with van der Waals surface area (Å²) in [5.74, 6) is -0.223. The van der Waals surface area contributed by atoms with E-state index in [9.17, 15) is 9.90 Å². The largest absolute Gasteiger partial charge is 0.493 e. The molecule has 3 N–H and O–H groups in total. The molecule has 3 aromatic heterocycles. The number of imidazole rings is 1. The molecule has 4 heterocycles. The first kappa shape index (κ1) is 20.8. The molecule has 6 rings (SSSR count). The van der Waals surface area contributed by atoms with Crippen LogP contribution in [0.2, 0.25) is 0 Å². The summed E-state index contributed by atoms with van der Waals surface area (Å²) in [5, 5.41) is 15.1. The molecule has 10 nitrogen and oxygen atoms in total. The summed E-state index contributed by atoms with van der Waals surface area (Å²) in [6.07, 6.45) is 5.47. The Hall–Kier alpha value is -3.76. The molecule has 0 atom stereocenters. The van der Waals surface area contributed by atoms with Crippen LogP contribution in [0.5, 0.6) is 5.88 Å². The first-order chi connectivity index (χ1) is 16.6. The highest BCUT2D eigenvalue weighted by atomic mass is 16.5. The standard InChI is InChI=1S/C24H25N7O3/c32-23-20(28-24(33)29-23)11-17-13-25-31-21(26-18-4-5-18)12-19(27-22(17)31)16-3-1-2-15(10-16)14-30-6-8-34-9-7-30/h1-3,10-13,18,32H,4-9,14H2,(H2,28,29,33). The zero-order valence-electron chi connectivity index (χ0n) is 18.6. The van der Waals surface area contributed by atoms with Crippen LogP contribution >= 0.6 is 0 Å². The molecule has 1 aliphatic heterocycles. The molecule has 1 aromatic carbocycles. The van der Waals surface area contributed by atoms with Gasteiger partial charge in [0, 0.05) is 36.5 Å². The fraction of sp³-hybridized carbons (Fsp3) is 0.333. The quantitative estimate of drug-likeness (QED) is 0.401. The Morgan fingerprint density at radius 3 is 2.82 bits per heavy atom. The summed E-state index contributed by atoms with van der Waals surface area (Å²) < 4.78 is 7.18. The lowest BCUT2D eigenvalue weighted by atomic mass is 10.1. The number of fused-ring (bicyclic) bond motifs is 1. The summed E-state index contributed by atoms with van der Waals surface area (Å²) in [6.45, 7) is 4.27. The Balaban J connectivity index is 1.46. The number of aromatic nitrogens is 5. The van der Waals surface area contributed by atoms with Crippen LogP contribution in [0.15, 0.2) is 46.3 Å². The third-order valence-electron chi connectivity index (χ3n) is 6.11. The molecule has 10 heteroatoms. The lowest BCUT2D eigenvalue weighted by Gasteiger charge is -2.26. The Labute approximate surface area is 194 Å². The van der Waals surface area contributed by atoms with E-state index in [4.69, 9.17) is 14.7 Å². The SMILES string of the molecule is O=c1[nH]c(O)c(C=c2cnn3c(=NC4CC4)cc(-c4cccc(CN5CCOCC5)c4)nc23)[nH]1. The molecular formula is C24H25N7O3. The number of rotatable bonds is 5. The average Bonchev–Trinajstić information content (AvgIpc) is 3.48. The van der Waals surface area contributed by atoms with Gasteiger partial charge in [-0.3, -0.25) is 14.9 Å². The first-order valence-corrected chi connectivity index (χ1v) is 11.5. The van der Waals surface area contributed by atoms with Crippen LogP contribution in [0.25, 0.3) is 23.0 Å². The third kappa shape index (κ3) is 4.25. The number of morpholine rings is 1. The van der Waals surface area contributed by atoms with Crippen molar-refractivity contribution in [2.75, 3.05) is 26.3 Å². The van der Waals surface area contributed by atoms with Crippen LogP contribution in [0.1, 0.15) is 24.1 Å². The van der Waals surface area contributed by atoms with Crippen molar-refractivity contribution in [2.45, 2.75) is 25.4 Å². The number of aromatic amines is 2. The molecule has 0 unspecified atom stereocenters. The summed E-state index contributed by atoms with van der Waals surface area (Å²) in [5.41, 5.74) is 4.18. The van der Waals surface area contributed by atoms with E-state index in [1.165, 1.54) is 5.56 Å². The van der Waals surface area contributed by atoms with Gasteiger partial charge in [-0.2, -0.15) is 9.61 Å². The number of nitrogens with zero attached hydrogens (tertiary/aromatic N) is 5. The number of hydrogen-bond donors (Lipinski definition) is 3. The highest BCUT2D eigenvalue weighted by molar-refractivity contribution is 5.64. The number of H-pyrrole nitrogens is 2. The minimum absolute atomic E-state index is 0.223. The van der Waals surface area contributed by atoms with Crippen molar-refractivity contribution in [3.8, 4) is 17.1 Å². The molecule has 4 aromatic rings. The van der Waals surface area contributed by atoms with E-state index in [1.54, 1.807) is 16.8 Å². The normalized spacial score (nSPS) is 18.2. The van der Waals surface area contributed by atoms with Gasteiger partial charge >= 0.3 is 5.69 Å². The van der Waals surface area contributed by atoms with Gasteiger partial charge in [0.25, 0.3) is 0 Å². The van der Waals surface area contributed by atoms with E-state index in [0.717, 1.165) is 62.4 Å². The van der Waals surface area contributed by atoms with E-state index in [-0.39, 0.29) is 11.6 Å². The molecule has 2 fully saturated rings. The average molecular weight is 460 g/mol. The zero-order valence-corrected chi connectivity index (χ0v) is 18.6. The van der Waals surface area contributed by atoms with Crippen LogP contribution in [0.3, 0.4) is 0 Å². The van der Waals surface area contributed by atoms with Crippen LogP contribution in [-0.2, 0) is 11.3 Å². The van der Waals surface area contributed by atoms with Crippen molar-refractivity contribution in [1.29, 1.82) is 0 Å². The van der Waals surface area contributed by atoms with Crippen molar-refractivity contribution in [2.24, 2.45) is 4.99 Å². The van der Waals surface area contributed by atoms with E-state index in [1.807, 2.05) is 6.07 Å². The maximum atomic E-state index is 11.5. The van der Waals surface area contributed by atoms with Gasteiger partial charge in [-0.1, -0.05) is 18.2 Å². The number of benzene rings is 1. The van der Waals surface area contributed by atoms with E-state index < -0.39 is 5.69 Å². The monoisotopic (exact) mass is 459 g/mol. The van der Waals surface area contributed by atoms with Crippen molar-refractivity contribution < 1.29 is 9.84 Å². The Morgan fingerprint density at radius 2 is 2.06 bits per heavy atom. The summed E-state index contributed by atoms with van der Waals surface area (Å²) >= 11 is 0. The zero-order chi connectivity index (χ0) is 23.1. The number of ether oxygens (including phenoxy) is 1. The lowest BCUT2D eigenvalue weighted by Crippen LogP contribution is -2.35. The predicted octanol–water partition coefficient (Wildman–Crippen LogP) is 0.561. The minimum Gasteiger partial charge on any atom is -0.493 e. The second-order valence-corrected chi connectivity index (χ2v) is 8.77. The molecule has 0 radical (unpaired) electrons. The number of hydrogen-bond acceptors (Lipinski definition) is 7. The van der Waals surface area contributed by atoms with Crippen molar-refractivity contribution in [3.05, 3.63) is 69.0 Å². The van der Waals surface area contributed by atoms with Crippen LogP contribution in [-0.4, -0.2) is 66.9 Å². The van der Waals surface area contributed by atoms with Gasteiger partial charge in [-0.25, -0.2) is 9.78 Å². The van der Waals surface area contributed by atoms with Gasteiger partial charge in [-0.15, -0.1) is 0 Å². The fourth-order valence-electron chi connectivity index (χ4n) is 4.19. The third-order valence-corrected chi connectivity index (χ3v) is 6.11. The maximum Gasteiger partial charge on any atom is 0.326 e. The van der Waals surface area contributed by atoms with Crippen molar-refractivity contribution >= 4 is 11.7 Å². The lowest BCUT2D eigenvalue weighted by molar-refractivity contribution is 0.0342. The first-order valence-electron chi connectivity index (χ1n) is 11.5. The van der Waals surface area contributed by atoms with Gasteiger partial charge in [0.05, 0.1) is 31.1 Å². The molecule has 0 spiro atoms. The topological polar surface area (TPSA) is 124 Å². The number of nitrogens with one attached hydrogen (secondary N) is 2. The highest BCUT2D eigenvalue weighted by Crippen LogP contribution is 2.23. The van der Waals surface area contributed by atoms with E-state index in [0.29, 0.717) is 16.9 Å². The highest BCUT2D eigenvalue weighted by Gasteiger charge is 2.20. The number of aromatic hydroxyl groups is 1. The fourth-order valence-corrected chi connectivity index (χ4v) is 4.19. The molecule has 1 aliphatic carbocycles. The van der Waals surface area contributed by atoms with E-state index >= 15 is 0 Å². The molecule has 0 amide bonds. The van der Waals surface area contributed by atoms with Gasteiger partial charge in [0.2, 0.25) is 5.88 Å². The van der Waals surface area contributed by atoms with Crippen LogP contribution in [0.4, 0.5) is 0 Å². The van der Waals surface area contributed by atoms with Gasteiger partial charge in [-0.05, 0) is 30.5 Å². The van der Waals surface area contributed by atoms with E-state index in [2.05, 4.69) is 44.2 Å². The molecule has 174 valence electrons. The predicted molar refractivity (Wildman–Crippen MR) is 125 cm³/mol. The molecule has 1 saturated heterocycles. The summed E-state index contributed by atoms with van der Waals surface area (Å²) in [4.78, 5) is 28.6. The molecule has 0 bridgehead atoms. The van der Waals surface area contributed by atoms with Crippen LogP contribution < -0.4 is 16.4 Å². The van der Waals surface area contributed by atoms with Gasteiger partial charge in [0.15, 0.2) is 11.1 Å². The summed E-state index contributed by atoms with van der Waals surface area (Å²) in [6, 6.07) is 10.7. The minimum atomic E-state index is -0.477. The smallest absolute Gasteiger partial charge is 0.326 e. The molecule has 1 saturated carbocycles. The maximum absolute atomic E-state index is 11.5. The molecule has 34 heavy (non-hydrogen) atoms. The molecular weight excluding hydrogens is 434 g/mol. The van der Waals surface area contributed by atoms with Crippen molar-refractivity contribution in [1.82, 2.24) is 29.5 Å². The van der Waals surface area contributed by atoms with Crippen molar-refractivity contribution in [3.63, 3.8) is 0 Å². The second kappa shape index (κ2) is 8.54. The Kier molecular flexibility index (Phi) is 5.23. The van der Waals surface area contributed by atoms with Crippen LogP contribution in [0, 0.1) is 0 Å². The molecule has 2 aliphatic rings.